The van der Waals surface area contributed by atoms with Gasteiger partial charge in [-0.2, -0.15) is 0 Å². The zero-order valence-electron chi connectivity index (χ0n) is 11.0. The normalized spacial score (nSPS) is 9.76. The van der Waals surface area contributed by atoms with Gasteiger partial charge in [0.15, 0.2) is 23.3 Å². The van der Waals surface area contributed by atoms with Crippen LogP contribution in [0, 0.1) is 23.3 Å². The minimum atomic E-state index is -1.64. The second-order valence-corrected chi connectivity index (χ2v) is 4.08. The molecule has 21 heavy (non-hydrogen) atoms. The number of nitrogens with two attached hydrogens (primary N) is 1. The summed E-state index contributed by atoms with van der Waals surface area (Å²) in [4.78, 5) is 8.14. The van der Waals surface area contributed by atoms with Gasteiger partial charge in [-0.1, -0.05) is 6.58 Å². The van der Waals surface area contributed by atoms with E-state index in [0.29, 0.717) is 6.29 Å². The molecule has 0 saturated carbocycles. The largest absolute Gasteiger partial charge is 0.394 e. The maximum Gasteiger partial charge on any atom is 0.186 e. The van der Waals surface area contributed by atoms with E-state index in [4.69, 9.17) is 14.7 Å². The van der Waals surface area contributed by atoms with Gasteiger partial charge in [0, 0.05) is 19.2 Å². The van der Waals surface area contributed by atoms with Gasteiger partial charge >= 0.3 is 0 Å². The molecule has 0 saturated heterocycles. The third kappa shape index (κ3) is 5.74. The first kappa shape index (κ1) is 19.4. The van der Waals surface area contributed by atoms with Crippen LogP contribution in [-0.4, -0.2) is 26.6 Å². The van der Waals surface area contributed by atoms with Crippen LogP contribution in [-0.2, 0) is 13.7 Å². The first-order valence-corrected chi connectivity index (χ1v) is 6.12. The topological polar surface area (TPSA) is 61.5 Å². The van der Waals surface area contributed by atoms with Gasteiger partial charge in [-0.3, -0.25) is 4.79 Å². The Balaban J connectivity index is 0.000000885. The highest BCUT2D eigenvalue weighted by molar-refractivity contribution is 7.94. The molecule has 1 rings (SSSR count). The van der Waals surface area contributed by atoms with Gasteiger partial charge < -0.3 is 14.7 Å². The van der Waals surface area contributed by atoms with E-state index in [0.717, 1.165) is 0 Å². The molecule has 0 fully saturated rings. The molecule has 118 valence electrons. The molecule has 0 bridgehead atoms. The van der Waals surface area contributed by atoms with Crippen LogP contribution in [0.2, 0.25) is 0 Å². The zero-order chi connectivity index (χ0) is 16.4. The number of methoxy groups -OCH3 is 1. The van der Waals surface area contributed by atoms with Gasteiger partial charge in [-0.15, -0.1) is 0 Å². The van der Waals surface area contributed by atoms with Crippen molar-refractivity contribution in [1.82, 2.24) is 0 Å². The van der Waals surface area contributed by atoms with E-state index in [-0.39, 0.29) is 25.3 Å². The quantitative estimate of drug-likeness (QED) is 0.166. The summed E-state index contributed by atoms with van der Waals surface area (Å²) in [6.07, 6.45) is 1.83. The molecule has 2 N–H and O–H groups in total. The van der Waals surface area contributed by atoms with Gasteiger partial charge in [-0.05, 0) is 6.08 Å². The molecule has 1 aromatic rings. The summed E-state index contributed by atoms with van der Waals surface area (Å²) in [5.74, 6) is -6.43. The number of carbonyl (C=O) groups is 1. The summed E-state index contributed by atoms with van der Waals surface area (Å²) < 4.78 is 61.8. The lowest BCUT2D eigenvalue weighted by atomic mass is 10.2. The number of anilines is 1. The molecule has 0 aliphatic carbocycles. The van der Waals surface area contributed by atoms with E-state index in [2.05, 4.69) is 11.3 Å². The molecular formula is C12H13F4NO3S. The standard InChI is InChI=1S/C9H9F4NO2S.C3H4O/c1-15-2-3-16-17-9-6(12)4(10)8(14)5(11)7(9)13;1-2-3-4/h2-3,14H2,1H3;2-3H,1H2. The maximum atomic E-state index is 13.2. The summed E-state index contributed by atoms with van der Waals surface area (Å²) in [6, 6.07) is 0. The number of halogens is 4. The predicted molar refractivity (Wildman–Crippen MR) is 70.6 cm³/mol. The van der Waals surface area contributed by atoms with Gasteiger partial charge in [-0.25, -0.2) is 17.6 Å². The van der Waals surface area contributed by atoms with Gasteiger partial charge in [0.2, 0.25) is 0 Å². The van der Waals surface area contributed by atoms with Crippen molar-refractivity contribution in [3.8, 4) is 0 Å². The minimum absolute atomic E-state index is 0.00760. The highest BCUT2D eigenvalue weighted by atomic mass is 32.2. The fourth-order valence-corrected chi connectivity index (χ4v) is 1.51. The van der Waals surface area contributed by atoms with Crippen molar-refractivity contribution in [2.24, 2.45) is 0 Å². The first-order valence-electron chi connectivity index (χ1n) is 5.38. The van der Waals surface area contributed by atoms with Crippen LogP contribution in [0.25, 0.3) is 0 Å². The Morgan fingerprint density at radius 3 is 2.00 bits per heavy atom. The lowest BCUT2D eigenvalue weighted by Gasteiger charge is -2.08. The molecule has 0 aliphatic rings. The SMILES string of the molecule is C=CC=O.COCCOSc1c(F)c(F)c(N)c(F)c1F. The Hall–Kier alpha value is -1.58. The van der Waals surface area contributed by atoms with E-state index in [1.165, 1.54) is 13.2 Å². The second kappa shape index (κ2) is 10.2. The molecule has 0 aromatic heterocycles. The first-order chi connectivity index (χ1) is 9.92. The number of hydrogen-bond donors (Lipinski definition) is 1. The van der Waals surface area contributed by atoms with E-state index >= 15 is 0 Å². The van der Waals surface area contributed by atoms with Crippen molar-refractivity contribution >= 4 is 24.0 Å². The van der Waals surface area contributed by atoms with Gasteiger partial charge in [0.25, 0.3) is 0 Å². The van der Waals surface area contributed by atoms with E-state index < -0.39 is 33.9 Å². The van der Waals surface area contributed by atoms with Crippen molar-refractivity contribution < 1.29 is 31.3 Å². The Labute approximate surface area is 123 Å². The zero-order valence-corrected chi connectivity index (χ0v) is 11.8. The fourth-order valence-electron chi connectivity index (χ4n) is 0.920. The summed E-state index contributed by atoms with van der Waals surface area (Å²) >= 11 is 0.185. The van der Waals surface area contributed by atoms with E-state index in [9.17, 15) is 17.6 Å². The monoisotopic (exact) mass is 327 g/mol. The molecule has 0 amide bonds. The lowest BCUT2D eigenvalue weighted by Crippen LogP contribution is -2.05. The fraction of sp³-hybridized carbons (Fsp3) is 0.250. The molecular weight excluding hydrogens is 314 g/mol. The van der Waals surface area contributed by atoms with Gasteiger partial charge in [0.05, 0.1) is 13.2 Å². The van der Waals surface area contributed by atoms with Crippen LogP contribution in [0.15, 0.2) is 17.6 Å². The van der Waals surface area contributed by atoms with E-state index in [1.807, 2.05) is 0 Å². The highest BCUT2D eigenvalue weighted by Crippen LogP contribution is 2.32. The number of nitrogen functional groups attached to an aromatic ring is 1. The van der Waals surface area contributed by atoms with Crippen LogP contribution >= 0.6 is 12.0 Å². The third-order valence-electron chi connectivity index (χ3n) is 1.87. The van der Waals surface area contributed by atoms with Gasteiger partial charge in [0.1, 0.15) is 16.9 Å². The van der Waals surface area contributed by atoms with Crippen LogP contribution in [0.5, 0.6) is 0 Å². The third-order valence-corrected chi connectivity index (χ3v) is 2.68. The van der Waals surface area contributed by atoms with Crippen LogP contribution in [0.3, 0.4) is 0 Å². The molecule has 4 nitrogen and oxygen atoms in total. The number of rotatable bonds is 6. The van der Waals surface area contributed by atoms with E-state index in [1.54, 1.807) is 0 Å². The average molecular weight is 327 g/mol. The molecule has 0 aliphatic heterocycles. The molecule has 0 unspecified atom stereocenters. The number of allylic oxidation sites excluding steroid dienone is 1. The van der Waals surface area contributed by atoms with Crippen LogP contribution < -0.4 is 5.73 Å². The Bertz CT molecular complexity index is 465. The molecule has 0 atom stereocenters. The predicted octanol–water partition coefficient (Wildman–Crippen LogP) is 2.87. The second-order valence-electron chi connectivity index (χ2n) is 3.27. The number of hydrogen-bond acceptors (Lipinski definition) is 5. The van der Waals surface area contributed by atoms with Crippen molar-refractivity contribution in [3.63, 3.8) is 0 Å². The molecule has 0 radical (unpaired) electrons. The van der Waals surface area contributed by atoms with Crippen molar-refractivity contribution in [3.05, 3.63) is 35.9 Å². The summed E-state index contributed by atoms with van der Waals surface area (Å²) in [5, 5.41) is 0. The summed E-state index contributed by atoms with van der Waals surface area (Å²) in [7, 11) is 1.40. The van der Waals surface area contributed by atoms with Crippen molar-refractivity contribution in [2.45, 2.75) is 4.90 Å². The van der Waals surface area contributed by atoms with Crippen molar-refractivity contribution in [1.29, 1.82) is 0 Å². The maximum absolute atomic E-state index is 13.2. The molecule has 1 aromatic carbocycles. The number of carbonyl (C=O) groups excluding carboxylic acids is 1. The average Bonchev–Trinajstić information content (AvgIpc) is 2.50. The minimum Gasteiger partial charge on any atom is -0.394 e. The summed E-state index contributed by atoms with van der Waals surface area (Å²) in [6.45, 7) is 3.30. The smallest absolute Gasteiger partial charge is 0.186 e. The number of aldehydes is 1. The Kier molecular flexibility index (Phi) is 9.42. The summed E-state index contributed by atoms with van der Waals surface area (Å²) in [5.41, 5.74) is 3.64. The molecule has 0 heterocycles. The Morgan fingerprint density at radius 1 is 1.14 bits per heavy atom. The van der Waals surface area contributed by atoms with Crippen LogP contribution in [0.1, 0.15) is 0 Å². The lowest BCUT2D eigenvalue weighted by molar-refractivity contribution is -0.104. The van der Waals surface area contributed by atoms with Crippen LogP contribution in [0.4, 0.5) is 23.2 Å². The van der Waals surface area contributed by atoms with Crippen molar-refractivity contribution in [2.75, 3.05) is 26.1 Å². The number of ether oxygens (including phenoxy) is 1. The number of benzene rings is 1. The highest BCUT2D eigenvalue weighted by Gasteiger charge is 2.24. The molecule has 0 spiro atoms. The molecule has 9 heteroatoms. The Morgan fingerprint density at radius 2 is 1.62 bits per heavy atom.